The van der Waals surface area contributed by atoms with E-state index in [0.717, 1.165) is 46.2 Å². The number of methoxy groups -OCH3 is 1. The van der Waals surface area contributed by atoms with Crippen LogP contribution in [-0.2, 0) is 22.5 Å². The highest BCUT2D eigenvalue weighted by Gasteiger charge is 2.35. The molecule has 5 rings (SSSR count). The van der Waals surface area contributed by atoms with Crippen LogP contribution in [0.5, 0.6) is 11.5 Å². The molecule has 1 saturated heterocycles. The van der Waals surface area contributed by atoms with Crippen LogP contribution in [0, 0.1) is 12.8 Å². The minimum atomic E-state index is -0.552. The predicted molar refractivity (Wildman–Crippen MR) is 168 cm³/mol. The van der Waals surface area contributed by atoms with Crippen LogP contribution in [-0.4, -0.2) is 48.3 Å². The van der Waals surface area contributed by atoms with Gasteiger partial charge in [-0.05, 0) is 80.8 Å². The smallest absolute Gasteiger partial charge is 0.314 e. The average molecular weight is 581 g/mol. The number of rotatable bonds is 10. The average Bonchev–Trinajstić information content (AvgIpc) is 3.56. The monoisotopic (exact) mass is 580 g/mol. The van der Waals surface area contributed by atoms with Crippen molar-refractivity contribution in [3.63, 3.8) is 0 Å². The fourth-order valence-electron chi connectivity index (χ4n) is 5.20. The summed E-state index contributed by atoms with van der Waals surface area (Å²) in [5, 5.41) is 0. The first-order valence-corrected chi connectivity index (χ1v) is 14.7. The Bertz CT molecular complexity index is 1550. The van der Waals surface area contributed by atoms with Crippen molar-refractivity contribution in [3.8, 4) is 23.0 Å². The molecule has 1 aliphatic heterocycles. The van der Waals surface area contributed by atoms with Gasteiger partial charge in [-0.15, -0.1) is 0 Å². The van der Waals surface area contributed by atoms with Gasteiger partial charge in [0, 0.05) is 31.6 Å². The predicted octanol–water partition coefficient (Wildman–Crippen LogP) is 7.14. The molecule has 43 heavy (non-hydrogen) atoms. The summed E-state index contributed by atoms with van der Waals surface area (Å²) in [5.41, 5.74) is 4.48. The molecule has 7 nitrogen and oxygen atoms in total. The molecule has 3 aromatic carbocycles. The lowest BCUT2D eigenvalue weighted by atomic mass is 10.00. The molecule has 7 heteroatoms. The van der Waals surface area contributed by atoms with Gasteiger partial charge in [0.05, 0.1) is 25.3 Å². The normalized spacial score (nSPS) is 16.4. The van der Waals surface area contributed by atoms with E-state index in [4.69, 9.17) is 18.6 Å². The van der Waals surface area contributed by atoms with Crippen molar-refractivity contribution in [2.75, 3.05) is 26.8 Å². The largest absolute Gasteiger partial charge is 0.497 e. The maximum atomic E-state index is 13.3. The third-order valence-electron chi connectivity index (χ3n) is 7.28. The number of oxazole rings is 1. The first-order chi connectivity index (χ1) is 20.7. The van der Waals surface area contributed by atoms with Crippen LogP contribution >= 0.6 is 0 Å². The van der Waals surface area contributed by atoms with Crippen LogP contribution in [0.1, 0.15) is 43.4 Å². The number of benzene rings is 3. The van der Waals surface area contributed by atoms with Crippen LogP contribution in [0.4, 0.5) is 0 Å². The molecule has 0 N–H and O–H groups in total. The van der Waals surface area contributed by atoms with Gasteiger partial charge in [0.15, 0.2) is 0 Å². The number of aromatic nitrogens is 1. The summed E-state index contributed by atoms with van der Waals surface area (Å²) in [6, 6.07) is 25.9. The van der Waals surface area contributed by atoms with E-state index < -0.39 is 5.60 Å². The Morgan fingerprint density at radius 3 is 2.51 bits per heavy atom. The van der Waals surface area contributed by atoms with Gasteiger partial charge < -0.3 is 18.6 Å². The zero-order valence-corrected chi connectivity index (χ0v) is 25.6. The fourth-order valence-corrected chi connectivity index (χ4v) is 5.20. The molecule has 224 valence electrons. The van der Waals surface area contributed by atoms with Crippen molar-refractivity contribution >= 4 is 12.0 Å². The van der Waals surface area contributed by atoms with E-state index in [0.29, 0.717) is 32.0 Å². The minimum absolute atomic E-state index is 0.193. The zero-order chi connectivity index (χ0) is 30.4. The SMILES string of the molecule is COc1ccc(CN2CC(=Cc3cccc(OCCc4nc(-c5ccccc5)oc4C)c3)C(C(=O)OC(C)(C)C)C2)cc1. The van der Waals surface area contributed by atoms with E-state index in [9.17, 15) is 4.79 Å². The van der Waals surface area contributed by atoms with Gasteiger partial charge in [0.25, 0.3) is 0 Å². The summed E-state index contributed by atoms with van der Waals surface area (Å²) in [6.45, 7) is 10.1. The number of carbonyl (C=O) groups excluding carboxylic acids is 1. The lowest BCUT2D eigenvalue weighted by Gasteiger charge is -2.22. The number of ether oxygens (including phenoxy) is 3. The fraction of sp³-hybridized carbons (Fsp3) is 0.333. The Morgan fingerprint density at radius 1 is 1.02 bits per heavy atom. The summed E-state index contributed by atoms with van der Waals surface area (Å²) >= 11 is 0. The number of carbonyl (C=O) groups is 1. The number of hydrogen-bond donors (Lipinski definition) is 0. The summed E-state index contributed by atoms with van der Waals surface area (Å²) in [7, 11) is 1.66. The summed E-state index contributed by atoms with van der Waals surface area (Å²) in [6.07, 6.45) is 2.73. The molecule has 0 bridgehead atoms. The topological polar surface area (TPSA) is 74.0 Å². The Hall–Kier alpha value is -4.36. The van der Waals surface area contributed by atoms with Gasteiger partial charge in [-0.2, -0.15) is 0 Å². The van der Waals surface area contributed by atoms with Crippen molar-refractivity contribution in [1.82, 2.24) is 9.88 Å². The molecule has 0 radical (unpaired) electrons. The third kappa shape index (κ3) is 8.14. The number of likely N-dealkylation sites (tertiary alicyclic amines) is 1. The van der Waals surface area contributed by atoms with Gasteiger partial charge in [0.2, 0.25) is 5.89 Å². The second-order valence-electron chi connectivity index (χ2n) is 11.9. The molecule has 2 heterocycles. The van der Waals surface area contributed by atoms with Crippen molar-refractivity contribution in [2.45, 2.75) is 46.3 Å². The Balaban J connectivity index is 1.27. The molecule has 4 aromatic rings. The molecule has 1 aliphatic rings. The Morgan fingerprint density at radius 2 is 1.79 bits per heavy atom. The molecular formula is C36H40N2O5. The first kappa shape index (κ1) is 30.1. The number of hydrogen-bond acceptors (Lipinski definition) is 7. The second kappa shape index (κ2) is 13.3. The van der Waals surface area contributed by atoms with Gasteiger partial charge in [-0.3, -0.25) is 9.69 Å². The highest BCUT2D eigenvalue weighted by atomic mass is 16.6. The van der Waals surface area contributed by atoms with E-state index in [1.165, 1.54) is 5.56 Å². The van der Waals surface area contributed by atoms with Gasteiger partial charge >= 0.3 is 5.97 Å². The maximum absolute atomic E-state index is 13.3. The summed E-state index contributed by atoms with van der Waals surface area (Å²) < 4.78 is 23.1. The first-order valence-electron chi connectivity index (χ1n) is 14.7. The van der Waals surface area contributed by atoms with Crippen LogP contribution in [0.15, 0.2) is 88.9 Å². The Labute approximate surface area is 254 Å². The highest BCUT2D eigenvalue weighted by Crippen LogP contribution is 2.30. The molecule has 1 atom stereocenters. The van der Waals surface area contributed by atoms with Gasteiger partial charge in [0.1, 0.15) is 22.9 Å². The van der Waals surface area contributed by atoms with Crippen LogP contribution in [0.2, 0.25) is 0 Å². The number of aryl methyl sites for hydroxylation is 1. The van der Waals surface area contributed by atoms with Crippen molar-refractivity contribution in [1.29, 1.82) is 0 Å². The molecule has 1 aromatic heterocycles. The van der Waals surface area contributed by atoms with E-state index >= 15 is 0 Å². The van der Waals surface area contributed by atoms with Crippen molar-refractivity contribution < 1.29 is 23.4 Å². The van der Waals surface area contributed by atoms with Gasteiger partial charge in [-0.1, -0.05) is 48.5 Å². The number of esters is 1. The lowest BCUT2D eigenvalue weighted by Crippen LogP contribution is -2.31. The summed E-state index contributed by atoms with van der Waals surface area (Å²) in [4.78, 5) is 20.2. The molecule has 0 saturated carbocycles. The van der Waals surface area contributed by atoms with E-state index in [2.05, 4.69) is 28.1 Å². The van der Waals surface area contributed by atoms with Crippen LogP contribution in [0.25, 0.3) is 17.5 Å². The van der Waals surface area contributed by atoms with Crippen LogP contribution < -0.4 is 9.47 Å². The quantitative estimate of drug-likeness (QED) is 0.185. The van der Waals surface area contributed by atoms with Crippen LogP contribution in [0.3, 0.4) is 0 Å². The summed E-state index contributed by atoms with van der Waals surface area (Å²) in [5.74, 6) is 2.49. The van der Waals surface area contributed by atoms with Crippen molar-refractivity contribution in [2.24, 2.45) is 5.92 Å². The molecule has 0 aliphatic carbocycles. The lowest BCUT2D eigenvalue weighted by molar-refractivity contribution is -0.158. The van der Waals surface area contributed by atoms with E-state index in [1.54, 1.807) is 7.11 Å². The van der Waals surface area contributed by atoms with E-state index in [-0.39, 0.29) is 11.9 Å². The molecule has 0 amide bonds. The second-order valence-corrected chi connectivity index (χ2v) is 11.9. The molecule has 0 spiro atoms. The maximum Gasteiger partial charge on any atom is 0.314 e. The molecule has 1 unspecified atom stereocenters. The number of nitrogens with zero attached hydrogens (tertiary/aromatic N) is 2. The minimum Gasteiger partial charge on any atom is -0.497 e. The van der Waals surface area contributed by atoms with E-state index in [1.807, 2.05) is 94.4 Å². The molecule has 1 fully saturated rings. The zero-order valence-electron chi connectivity index (χ0n) is 25.6. The third-order valence-corrected chi connectivity index (χ3v) is 7.28. The van der Waals surface area contributed by atoms with Crippen molar-refractivity contribution in [3.05, 3.63) is 107 Å². The molecular weight excluding hydrogens is 540 g/mol. The standard InChI is InChI=1S/C36H40N2O5/c1-25-33(37-34(42-25)28-11-7-6-8-12-28)18-19-41-31-13-9-10-27(21-31)20-29-23-38(22-26-14-16-30(40-5)17-15-26)24-32(29)35(39)43-36(2,3)4/h6-17,20-21,32H,18-19,22-24H2,1-5H3. The van der Waals surface area contributed by atoms with Gasteiger partial charge in [-0.25, -0.2) is 4.98 Å². The Kier molecular flexibility index (Phi) is 9.31. The highest BCUT2D eigenvalue weighted by molar-refractivity contribution is 5.79.